The van der Waals surface area contributed by atoms with Crippen molar-refractivity contribution in [3.63, 3.8) is 0 Å². The topological polar surface area (TPSA) is 42.0 Å². The molecule has 1 aliphatic rings. The van der Waals surface area contributed by atoms with Crippen molar-refractivity contribution in [3.8, 4) is 0 Å². The maximum Gasteiger partial charge on any atom is 0.226 e. The van der Waals surface area contributed by atoms with E-state index < -0.39 is 0 Å². The van der Waals surface area contributed by atoms with Gasteiger partial charge in [-0.05, 0) is 36.5 Å². The van der Waals surface area contributed by atoms with Gasteiger partial charge >= 0.3 is 0 Å². The van der Waals surface area contributed by atoms with Gasteiger partial charge in [0.25, 0.3) is 0 Å². The van der Waals surface area contributed by atoms with Crippen molar-refractivity contribution >= 4 is 34.0 Å². The van der Waals surface area contributed by atoms with E-state index in [1.165, 1.54) is 37.0 Å². The van der Waals surface area contributed by atoms with Crippen LogP contribution in [0.15, 0.2) is 24.4 Å². The predicted octanol–water partition coefficient (Wildman–Crippen LogP) is 5.60. The van der Waals surface area contributed by atoms with Crippen LogP contribution in [0.2, 0.25) is 5.02 Å². The Kier molecular flexibility index (Phi) is 5.90. The highest BCUT2D eigenvalue weighted by Gasteiger charge is 2.16. The van der Waals surface area contributed by atoms with Gasteiger partial charge in [0, 0.05) is 28.9 Å². The molecular weight excluding hydrogens is 340 g/mol. The number of aromatic nitrogens is 1. The van der Waals surface area contributed by atoms with E-state index in [4.69, 9.17) is 11.6 Å². The highest BCUT2D eigenvalue weighted by Crippen LogP contribution is 2.29. The number of thiazole rings is 1. The third kappa shape index (κ3) is 4.81. The van der Waals surface area contributed by atoms with Crippen LogP contribution in [-0.4, -0.2) is 10.9 Å². The van der Waals surface area contributed by atoms with Gasteiger partial charge in [0.1, 0.15) is 0 Å². The smallest absolute Gasteiger partial charge is 0.226 e. The summed E-state index contributed by atoms with van der Waals surface area (Å²) in [5, 5.41) is 4.42. The van der Waals surface area contributed by atoms with E-state index in [0.29, 0.717) is 11.6 Å². The van der Waals surface area contributed by atoms with Crippen LogP contribution in [-0.2, 0) is 11.2 Å². The monoisotopic (exact) mass is 362 g/mol. The molecule has 128 valence electrons. The molecule has 3 nitrogen and oxygen atoms in total. The van der Waals surface area contributed by atoms with E-state index in [2.05, 4.69) is 16.4 Å². The van der Waals surface area contributed by atoms with Crippen molar-refractivity contribution in [1.29, 1.82) is 0 Å². The third-order valence-corrected chi connectivity index (χ3v) is 5.99. The number of benzene rings is 1. The molecule has 5 heteroatoms. The van der Waals surface area contributed by atoms with Crippen LogP contribution in [0.25, 0.3) is 0 Å². The second kappa shape index (κ2) is 8.13. The van der Waals surface area contributed by atoms with Crippen LogP contribution < -0.4 is 5.32 Å². The molecule has 24 heavy (non-hydrogen) atoms. The number of hydrogen-bond donors (Lipinski definition) is 1. The fraction of sp³-hybridized carbons (Fsp3) is 0.474. The Bertz CT molecular complexity index is 707. The summed E-state index contributed by atoms with van der Waals surface area (Å²) in [7, 11) is 0. The molecule has 0 spiro atoms. The lowest BCUT2D eigenvalue weighted by Gasteiger charge is -2.07. The van der Waals surface area contributed by atoms with Gasteiger partial charge in [0.15, 0.2) is 5.13 Å². The number of halogens is 1. The highest BCUT2D eigenvalue weighted by atomic mass is 35.5. The SMILES string of the molecule is Cc1ccc(Cc2cnc(NC(=O)CCC3CCCC3)s2)cc1Cl. The van der Waals surface area contributed by atoms with E-state index in [0.717, 1.165) is 39.8 Å². The van der Waals surface area contributed by atoms with Gasteiger partial charge in [-0.15, -0.1) is 11.3 Å². The second-order valence-corrected chi connectivity index (χ2v) is 8.15. The first kappa shape index (κ1) is 17.4. The predicted molar refractivity (Wildman–Crippen MR) is 101 cm³/mol. The van der Waals surface area contributed by atoms with Crippen molar-refractivity contribution in [2.24, 2.45) is 5.92 Å². The van der Waals surface area contributed by atoms with Crippen molar-refractivity contribution in [2.75, 3.05) is 5.32 Å². The molecule has 3 rings (SSSR count). The average Bonchev–Trinajstić information content (AvgIpc) is 3.21. The number of aryl methyl sites for hydroxylation is 1. The average molecular weight is 363 g/mol. The Labute approximate surface area is 152 Å². The minimum Gasteiger partial charge on any atom is -0.302 e. The molecule has 0 bridgehead atoms. The van der Waals surface area contributed by atoms with Crippen molar-refractivity contribution in [3.05, 3.63) is 45.4 Å². The maximum absolute atomic E-state index is 12.1. The standard InChI is InChI=1S/C19H23ClN2OS/c1-13-6-7-15(11-17(13)20)10-16-12-21-19(24-16)22-18(23)9-8-14-4-2-3-5-14/h6-7,11-12,14H,2-5,8-10H2,1H3,(H,21,22,23). The summed E-state index contributed by atoms with van der Waals surface area (Å²) in [4.78, 5) is 17.5. The van der Waals surface area contributed by atoms with Crippen molar-refractivity contribution in [1.82, 2.24) is 4.98 Å². The number of nitrogens with one attached hydrogen (secondary N) is 1. The first-order valence-corrected chi connectivity index (χ1v) is 9.79. The van der Waals surface area contributed by atoms with E-state index in [-0.39, 0.29) is 5.91 Å². The number of nitrogens with zero attached hydrogens (tertiary/aromatic N) is 1. The molecule has 1 amide bonds. The first-order valence-electron chi connectivity index (χ1n) is 8.60. The fourth-order valence-corrected chi connectivity index (χ4v) is 4.28. The first-order chi connectivity index (χ1) is 11.6. The van der Waals surface area contributed by atoms with Gasteiger partial charge in [-0.25, -0.2) is 4.98 Å². The number of carbonyl (C=O) groups is 1. The third-order valence-electron chi connectivity index (χ3n) is 4.67. The van der Waals surface area contributed by atoms with Crippen LogP contribution in [0.5, 0.6) is 0 Å². The summed E-state index contributed by atoms with van der Waals surface area (Å²) in [6.45, 7) is 2.00. The van der Waals surface area contributed by atoms with Crippen molar-refractivity contribution < 1.29 is 4.79 Å². The summed E-state index contributed by atoms with van der Waals surface area (Å²) in [5.74, 6) is 0.829. The van der Waals surface area contributed by atoms with Gasteiger partial charge in [-0.1, -0.05) is 49.4 Å². The zero-order valence-corrected chi connectivity index (χ0v) is 15.6. The Morgan fingerprint density at radius 2 is 2.17 bits per heavy atom. The molecule has 0 atom stereocenters. The molecule has 1 heterocycles. The van der Waals surface area contributed by atoms with Crippen LogP contribution >= 0.6 is 22.9 Å². The molecule has 1 aliphatic carbocycles. The Morgan fingerprint density at radius 1 is 1.38 bits per heavy atom. The molecule has 1 saturated carbocycles. The zero-order valence-electron chi connectivity index (χ0n) is 14.0. The van der Waals surface area contributed by atoms with E-state index in [9.17, 15) is 4.79 Å². The Morgan fingerprint density at radius 3 is 2.92 bits per heavy atom. The summed E-state index contributed by atoms with van der Waals surface area (Å²) in [5.41, 5.74) is 2.24. The summed E-state index contributed by atoms with van der Waals surface area (Å²) < 4.78 is 0. The lowest BCUT2D eigenvalue weighted by molar-refractivity contribution is -0.116. The Hall–Kier alpha value is -1.39. The minimum atomic E-state index is 0.0844. The van der Waals surface area contributed by atoms with Crippen LogP contribution in [0.3, 0.4) is 0 Å². The molecular formula is C19H23ClN2OS. The number of amides is 1. The van der Waals surface area contributed by atoms with Crippen LogP contribution in [0, 0.1) is 12.8 Å². The largest absolute Gasteiger partial charge is 0.302 e. The minimum absolute atomic E-state index is 0.0844. The number of hydrogen-bond acceptors (Lipinski definition) is 3. The molecule has 1 fully saturated rings. The zero-order chi connectivity index (χ0) is 16.9. The molecule has 2 aromatic rings. The van der Waals surface area contributed by atoms with Crippen LogP contribution in [0.4, 0.5) is 5.13 Å². The maximum atomic E-state index is 12.1. The van der Waals surface area contributed by atoms with Crippen molar-refractivity contribution in [2.45, 2.75) is 51.9 Å². The molecule has 0 radical (unpaired) electrons. The second-order valence-electron chi connectivity index (χ2n) is 6.63. The normalized spacial score (nSPS) is 14.9. The molecule has 1 N–H and O–H groups in total. The number of anilines is 1. The number of rotatable bonds is 6. The van der Waals surface area contributed by atoms with Gasteiger partial charge in [0.2, 0.25) is 5.91 Å². The molecule has 1 aromatic heterocycles. The molecule has 0 saturated heterocycles. The summed E-state index contributed by atoms with van der Waals surface area (Å²) >= 11 is 7.71. The molecule has 1 aromatic carbocycles. The fourth-order valence-electron chi connectivity index (χ4n) is 3.21. The van der Waals surface area contributed by atoms with Gasteiger partial charge < -0.3 is 5.32 Å². The van der Waals surface area contributed by atoms with Gasteiger partial charge in [-0.3, -0.25) is 4.79 Å². The van der Waals surface area contributed by atoms with E-state index in [1.54, 1.807) is 0 Å². The quantitative estimate of drug-likeness (QED) is 0.726. The highest BCUT2D eigenvalue weighted by molar-refractivity contribution is 7.15. The summed E-state index contributed by atoms with van der Waals surface area (Å²) in [6.07, 6.45) is 9.46. The Balaban J connectivity index is 1.51. The van der Waals surface area contributed by atoms with E-state index >= 15 is 0 Å². The molecule has 0 aliphatic heterocycles. The van der Waals surface area contributed by atoms with Gasteiger partial charge in [0.05, 0.1) is 0 Å². The number of carbonyl (C=O) groups excluding carboxylic acids is 1. The lowest BCUT2D eigenvalue weighted by atomic mass is 10.0. The molecule has 0 unspecified atom stereocenters. The van der Waals surface area contributed by atoms with Crippen LogP contribution in [0.1, 0.15) is 54.5 Å². The van der Waals surface area contributed by atoms with Gasteiger partial charge in [-0.2, -0.15) is 0 Å². The van der Waals surface area contributed by atoms with E-state index in [1.807, 2.05) is 25.3 Å². The summed E-state index contributed by atoms with van der Waals surface area (Å²) in [6, 6.07) is 6.11. The lowest BCUT2D eigenvalue weighted by Crippen LogP contribution is -2.12.